The van der Waals surface area contributed by atoms with Crippen LogP contribution in [0.4, 0.5) is 13.2 Å². The second kappa shape index (κ2) is 11.0. The lowest BCUT2D eigenvalue weighted by atomic mass is 9.95. The van der Waals surface area contributed by atoms with Gasteiger partial charge in [0.05, 0.1) is 45.3 Å². The molecule has 8 nitrogen and oxygen atoms in total. The maximum atomic E-state index is 16.0. The average molecular weight is 619 g/mol. The van der Waals surface area contributed by atoms with E-state index in [2.05, 4.69) is 10.3 Å². The van der Waals surface area contributed by atoms with Crippen LogP contribution in [-0.4, -0.2) is 51.2 Å². The number of aromatic nitrogens is 5. The summed E-state index contributed by atoms with van der Waals surface area (Å²) >= 11 is 1.16. The molecule has 1 aliphatic rings. The molecule has 6 aromatic rings. The van der Waals surface area contributed by atoms with Crippen LogP contribution < -0.4 is 10.1 Å². The van der Waals surface area contributed by atoms with Crippen LogP contribution in [0.3, 0.4) is 0 Å². The summed E-state index contributed by atoms with van der Waals surface area (Å²) in [5, 5.41) is 9.90. The molecule has 2 unspecified atom stereocenters. The Bertz CT molecular complexity index is 2020. The Kier molecular flexibility index (Phi) is 7.14. The van der Waals surface area contributed by atoms with E-state index in [9.17, 15) is 4.39 Å². The van der Waals surface area contributed by atoms with Crippen molar-refractivity contribution in [3.63, 3.8) is 0 Å². The first kappa shape index (κ1) is 28.5. The van der Waals surface area contributed by atoms with Gasteiger partial charge in [-0.05, 0) is 32.0 Å². The molecule has 12 heteroatoms. The van der Waals surface area contributed by atoms with Crippen molar-refractivity contribution in [1.29, 1.82) is 0 Å². The molecule has 0 aliphatic carbocycles. The van der Waals surface area contributed by atoms with E-state index in [1.54, 1.807) is 6.20 Å². The number of methoxy groups -OCH3 is 1. The molecule has 6 heterocycles. The second-order valence-electron chi connectivity index (χ2n) is 11.0. The van der Waals surface area contributed by atoms with E-state index < -0.39 is 17.5 Å². The van der Waals surface area contributed by atoms with Gasteiger partial charge in [-0.25, -0.2) is 18.2 Å². The Morgan fingerprint density at radius 3 is 2.68 bits per heavy atom. The number of benzene rings is 1. The number of hydrogen-bond donors (Lipinski definition) is 1. The van der Waals surface area contributed by atoms with Crippen molar-refractivity contribution in [1.82, 2.24) is 29.6 Å². The first-order valence-corrected chi connectivity index (χ1v) is 15.1. The van der Waals surface area contributed by atoms with E-state index in [4.69, 9.17) is 19.6 Å². The van der Waals surface area contributed by atoms with Crippen LogP contribution in [0, 0.1) is 17.5 Å². The smallest absolute Gasteiger partial charge is 0.142 e. The lowest BCUT2D eigenvalue weighted by Crippen LogP contribution is -2.34. The van der Waals surface area contributed by atoms with Crippen molar-refractivity contribution >= 4 is 32.5 Å². The van der Waals surface area contributed by atoms with E-state index in [1.165, 1.54) is 12.5 Å². The Balaban J connectivity index is 1.57. The molecule has 226 valence electrons. The molecule has 44 heavy (non-hydrogen) atoms. The van der Waals surface area contributed by atoms with Crippen LogP contribution in [0.2, 0.25) is 0 Å². The van der Waals surface area contributed by atoms with Crippen LogP contribution >= 0.6 is 11.3 Å². The quantitative estimate of drug-likeness (QED) is 0.193. The van der Waals surface area contributed by atoms with Crippen molar-refractivity contribution in [3.05, 3.63) is 71.3 Å². The van der Waals surface area contributed by atoms with Crippen molar-refractivity contribution in [2.45, 2.75) is 25.9 Å². The third kappa shape index (κ3) is 4.64. The number of halogens is 3. The first-order chi connectivity index (χ1) is 21.2. The average Bonchev–Trinajstić information content (AvgIpc) is 3.72. The van der Waals surface area contributed by atoms with Crippen molar-refractivity contribution in [2.75, 3.05) is 26.9 Å². The minimum absolute atomic E-state index is 0.00331. The highest BCUT2D eigenvalue weighted by atomic mass is 32.1. The summed E-state index contributed by atoms with van der Waals surface area (Å²) in [6.07, 6.45) is 3.62. The van der Waals surface area contributed by atoms with Gasteiger partial charge in [0.25, 0.3) is 0 Å². The van der Waals surface area contributed by atoms with Crippen molar-refractivity contribution in [2.24, 2.45) is 7.05 Å². The third-order valence-corrected chi connectivity index (χ3v) is 9.04. The van der Waals surface area contributed by atoms with Gasteiger partial charge in [0.1, 0.15) is 41.2 Å². The van der Waals surface area contributed by atoms with Gasteiger partial charge in [0, 0.05) is 73.2 Å². The maximum Gasteiger partial charge on any atom is 0.142 e. The molecule has 0 saturated carbocycles. The lowest BCUT2D eigenvalue weighted by molar-refractivity contribution is 0.146. The Morgan fingerprint density at radius 1 is 1.05 bits per heavy atom. The molecule has 2 atom stereocenters. The zero-order valence-corrected chi connectivity index (χ0v) is 25.3. The SMILES string of the molecule is COCCOc1cc(F)cc(F)c1-c1c(-c2cc3n(n2)C(C)CNC3C)nc(-c2cnc3ccn(C)c3c2)c2scc(F)c12. The first-order valence-electron chi connectivity index (χ1n) is 14.2. The highest BCUT2D eigenvalue weighted by Gasteiger charge is 2.31. The molecule has 0 saturated heterocycles. The lowest BCUT2D eigenvalue weighted by Gasteiger charge is -2.27. The number of nitrogens with zero attached hydrogens (tertiary/aromatic N) is 5. The van der Waals surface area contributed by atoms with Crippen LogP contribution in [0.15, 0.2) is 48.1 Å². The largest absolute Gasteiger partial charge is 0.490 e. The highest BCUT2D eigenvalue weighted by Crippen LogP contribution is 2.48. The molecule has 5 aromatic heterocycles. The number of rotatable bonds is 7. The van der Waals surface area contributed by atoms with E-state index in [1.807, 2.05) is 54.5 Å². The Hall–Kier alpha value is -4.26. The fourth-order valence-electron chi connectivity index (χ4n) is 5.85. The number of thiophene rings is 1. The summed E-state index contributed by atoms with van der Waals surface area (Å²) in [5.41, 5.74) is 4.49. The number of aryl methyl sites for hydroxylation is 1. The summed E-state index contributed by atoms with van der Waals surface area (Å²) in [5.74, 6) is -2.36. The van der Waals surface area contributed by atoms with Crippen molar-refractivity contribution < 1.29 is 22.6 Å². The van der Waals surface area contributed by atoms with Gasteiger partial charge in [-0.15, -0.1) is 11.3 Å². The Morgan fingerprint density at radius 2 is 1.89 bits per heavy atom. The molecule has 1 aromatic carbocycles. The fourth-order valence-corrected chi connectivity index (χ4v) is 6.78. The highest BCUT2D eigenvalue weighted by molar-refractivity contribution is 7.17. The number of fused-ring (bicyclic) bond motifs is 3. The molecule has 0 bridgehead atoms. The standard InChI is InChI=1S/C32H29F3N6O2S/c1-16-13-36-17(2)24-12-23(39-41(16)24)31-29(27-20(34)10-19(33)11-26(27)43-8-7-42-4)28-21(35)15-44-32(28)30(38-31)18-9-25-22(37-14-18)5-6-40(25)3/h5-6,9-12,14-17,36H,7-8,13H2,1-4H3. The van der Waals surface area contributed by atoms with Crippen LogP contribution in [0.25, 0.3) is 54.9 Å². The van der Waals surface area contributed by atoms with Crippen molar-refractivity contribution in [3.8, 4) is 39.5 Å². The fraction of sp³-hybridized carbons (Fsp3) is 0.281. The number of ether oxygens (including phenoxy) is 2. The minimum Gasteiger partial charge on any atom is -0.490 e. The molecule has 0 fully saturated rings. The second-order valence-corrected chi connectivity index (χ2v) is 11.9. The molecule has 0 spiro atoms. The summed E-state index contributed by atoms with van der Waals surface area (Å²) in [6.45, 7) is 5.01. The van der Waals surface area contributed by atoms with E-state index >= 15 is 8.78 Å². The predicted octanol–water partition coefficient (Wildman–Crippen LogP) is 7.05. The van der Waals surface area contributed by atoms with E-state index in [-0.39, 0.29) is 53.3 Å². The molecule has 0 amide bonds. The molecule has 1 N–H and O–H groups in total. The Labute approximate surface area is 255 Å². The normalized spacial score (nSPS) is 16.6. The van der Waals surface area contributed by atoms with Gasteiger partial charge in [-0.2, -0.15) is 5.10 Å². The zero-order chi connectivity index (χ0) is 30.7. The van der Waals surface area contributed by atoms with E-state index in [0.29, 0.717) is 28.2 Å². The molecule has 7 rings (SSSR count). The summed E-state index contributed by atoms with van der Waals surface area (Å²) < 4.78 is 61.9. The predicted molar refractivity (Wildman–Crippen MR) is 164 cm³/mol. The summed E-state index contributed by atoms with van der Waals surface area (Å²) in [6, 6.07) is 7.67. The van der Waals surface area contributed by atoms with Crippen LogP contribution in [0.1, 0.15) is 31.6 Å². The van der Waals surface area contributed by atoms with Gasteiger partial charge < -0.3 is 19.4 Å². The molecule has 0 radical (unpaired) electrons. The van der Waals surface area contributed by atoms with Gasteiger partial charge in [0.15, 0.2) is 0 Å². The maximum absolute atomic E-state index is 16.0. The zero-order valence-electron chi connectivity index (χ0n) is 24.5. The molecular formula is C32H29F3N6O2S. The number of nitrogens with one attached hydrogen (secondary N) is 1. The van der Waals surface area contributed by atoms with Gasteiger partial charge in [-0.3, -0.25) is 9.67 Å². The summed E-state index contributed by atoms with van der Waals surface area (Å²) in [4.78, 5) is 9.72. The minimum atomic E-state index is -0.903. The summed E-state index contributed by atoms with van der Waals surface area (Å²) in [7, 11) is 3.42. The molecule has 1 aliphatic heterocycles. The van der Waals surface area contributed by atoms with Crippen LogP contribution in [-0.2, 0) is 11.8 Å². The monoisotopic (exact) mass is 618 g/mol. The third-order valence-electron chi connectivity index (χ3n) is 8.08. The topological polar surface area (TPSA) is 79.0 Å². The molecular weight excluding hydrogens is 589 g/mol. The number of pyridine rings is 2. The number of hydrogen-bond acceptors (Lipinski definition) is 7. The van der Waals surface area contributed by atoms with Gasteiger partial charge in [0.2, 0.25) is 0 Å². The van der Waals surface area contributed by atoms with E-state index in [0.717, 1.165) is 40.2 Å². The van der Waals surface area contributed by atoms with Gasteiger partial charge >= 0.3 is 0 Å². The van der Waals surface area contributed by atoms with Crippen LogP contribution in [0.5, 0.6) is 5.75 Å². The van der Waals surface area contributed by atoms with Gasteiger partial charge in [-0.1, -0.05) is 0 Å².